The summed E-state index contributed by atoms with van der Waals surface area (Å²) in [6.07, 6.45) is 3.68. The van der Waals surface area contributed by atoms with Crippen molar-refractivity contribution in [2.75, 3.05) is 6.61 Å². The molecule has 1 rings (SSSR count). The third-order valence-corrected chi connectivity index (χ3v) is 2.87. The Balaban J connectivity index is 2.87. The number of hydrogen-bond acceptors (Lipinski definition) is 1. The van der Waals surface area contributed by atoms with Crippen molar-refractivity contribution in [2.45, 2.75) is 40.0 Å². The van der Waals surface area contributed by atoms with Gasteiger partial charge in [0.2, 0.25) is 0 Å². The maximum Gasteiger partial charge on any atom is 0.0644 e. The molecule has 0 amide bonds. The maximum atomic E-state index is 9.17. The molecule has 0 spiro atoms. The molecule has 0 aliphatic heterocycles. The van der Waals surface area contributed by atoms with Gasteiger partial charge >= 0.3 is 0 Å². The zero-order chi connectivity index (χ0) is 9.14. The lowest BCUT2D eigenvalue weighted by molar-refractivity contribution is 0.311. The Morgan fingerprint density at radius 2 is 2.17 bits per heavy atom. The van der Waals surface area contributed by atoms with Gasteiger partial charge in [0.05, 0.1) is 6.61 Å². The fourth-order valence-electron chi connectivity index (χ4n) is 2.42. The van der Waals surface area contributed by atoms with E-state index >= 15 is 0 Å². The van der Waals surface area contributed by atoms with Gasteiger partial charge < -0.3 is 5.11 Å². The molecule has 12 heavy (non-hydrogen) atoms. The van der Waals surface area contributed by atoms with Crippen LogP contribution in [0.1, 0.15) is 40.0 Å². The van der Waals surface area contributed by atoms with E-state index in [2.05, 4.69) is 20.8 Å². The molecule has 0 aromatic carbocycles. The Bertz CT molecular complexity index is 179. The summed E-state index contributed by atoms with van der Waals surface area (Å²) in [6, 6.07) is 0. The van der Waals surface area contributed by atoms with E-state index in [1.807, 2.05) is 0 Å². The lowest BCUT2D eigenvalue weighted by Gasteiger charge is -2.28. The van der Waals surface area contributed by atoms with Crippen LogP contribution in [0.15, 0.2) is 11.1 Å². The molecule has 70 valence electrons. The molecule has 1 unspecified atom stereocenters. The third-order valence-electron chi connectivity index (χ3n) is 2.87. The molecule has 0 radical (unpaired) electrons. The van der Waals surface area contributed by atoms with E-state index in [1.54, 1.807) is 0 Å². The van der Waals surface area contributed by atoms with Crippen LogP contribution in [0.25, 0.3) is 0 Å². The van der Waals surface area contributed by atoms with E-state index in [-0.39, 0.29) is 6.61 Å². The van der Waals surface area contributed by atoms with Gasteiger partial charge in [0, 0.05) is 0 Å². The van der Waals surface area contributed by atoms with Crippen LogP contribution in [-0.4, -0.2) is 11.7 Å². The van der Waals surface area contributed by atoms with Gasteiger partial charge in [-0.05, 0) is 36.7 Å². The van der Waals surface area contributed by atoms with Crippen molar-refractivity contribution in [1.82, 2.24) is 0 Å². The van der Waals surface area contributed by atoms with Crippen molar-refractivity contribution in [2.24, 2.45) is 11.8 Å². The van der Waals surface area contributed by atoms with Gasteiger partial charge in [-0.3, -0.25) is 0 Å². The van der Waals surface area contributed by atoms with Crippen LogP contribution >= 0.6 is 0 Å². The first-order chi connectivity index (χ1) is 5.66. The summed E-state index contributed by atoms with van der Waals surface area (Å²) < 4.78 is 0. The highest BCUT2D eigenvalue weighted by atomic mass is 16.3. The standard InChI is InChI=1S/C11H20O/c1-8(2)11-9(3)5-4-6-10(11)7-12/h8-9,12H,4-7H2,1-3H3. The summed E-state index contributed by atoms with van der Waals surface area (Å²) in [7, 11) is 0. The van der Waals surface area contributed by atoms with Crippen molar-refractivity contribution in [3.8, 4) is 0 Å². The van der Waals surface area contributed by atoms with Crippen LogP contribution < -0.4 is 0 Å². The quantitative estimate of drug-likeness (QED) is 0.629. The highest BCUT2D eigenvalue weighted by Crippen LogP contribution is 2.33. The first kappa shape index (κ1) is 9.79. The molecule has 1 aliphatic carbocycles. The smallest absolute Gasteiger partial charge is 0.0644 e. The molecule has 0 heterocycles. The van der Waals surface area contributed by atoms with Crippen LogP contribution in [-0.2, 0) is 0 Å². The Morgan fingerprint density at radius 1 is 1.50 bits per heavy atom. The summed E-state index contributed by atoms with van der Waals surface area (Å²) in [5.74, 6) is 1.31. The van der Waals surface area contributed by atoms with Crippen molar-refractivity contribution in [3.05, 3.63) is 11.1 Å². The Hall–Kier alpha value is -0.300. The Morgan fingerprint density at radius 3 is 2.58 bits per heavy atom. The van der Waals surface area contributed by atoms with E-state index in [0.29, 0.717) is 11.8 Å². The molecular weight excluding hydrogens is 148 g/mol. The molecule has 0 bridgehead atoms. The number of aliphatic hydroxyl groups excluding tert-OH is 1. The normalized spacial score (nSPS) is 25.2. The fraction of sp³-hybridized carbons (Fsp3) is 0.818. The largest absolute Gasteiger partial charge is 0.392 e. The summed E-state index contributed by atoms with van der Waals surface area (Å²) >= 11 is 0. The van der Waals surface area contributed by atoms with Gasteiger partial charge in [0.15, 0.2) is 0 Å². The summed E-state index contributed by atoms with van der Waals surface area (Å²) in [5, 5.41) is 9.17. The predicted octanol–water partition coefficient (Wildman–Crippen LogP) is 2.75. The highest BCUT2D eigenvalue weighted by molar-refractivity contribution is 5.21. The molecule has 1 N–H and O–H groups in total. The topological polar surface area (TPSA) is 20.2 Å². The number of allylic oxidation sites excluding steroid dienone is 1. The van der Waals surface area contributed by atoms with Crippen molar-refractivity contribution in [1.29, 1.82) is 0 Å². The zero-order valence-corrected chi connectivity index (χ0v) is 8.43. The second-order valence-electron chi connectivity index (χ2n) is 4.16. The average Bonchev–Trinajstić information content (AvgIpc) is 2.03. The van der Waals surface area contributed by atoms with Crippen LogP contribution in [0, 0.1) is 11.8 Å². The van der Waals surface area contributed by atoms with Crippen LogP contribution in [0.4, 0.5) is 0 Å². The molecule has 0 aromatic heterocycles. The summed E-state index contributed by atoms with van der Waals surface area (Å²) in [4.78, 5) is 0. The predicted molar refractivity (Wildman–Crippen MR) is 52.0 cm³/mol. The molecule has 1 aliphatic rings. The van der Waals surface area contributed by atoms with Gasteiger partial charge in [-0.15, -0.1) is 0 Å². The summed E-state index contributed by atoms with van der Waals surface area (Å²) in [5.41, 5.74) is 2.83. The molecule has 1 atom stereocenters. The van der Waals surface area contributed by atoms with Gasteiger partial charge in [-0.2, -0.15) is 0 Å². The van der Waals surface area contributed by atoms with Gasteiger partial charge in [-0.25, -0.2) is 0 Å². The molecule has 0 fully saturated rings. The van der Waals surface area contributed by atoms with Crippen molar-refractivity contribution in [3.63, 3.8) is 0 Å². The van der Waals surface area contributed by atoms with Crippen molar-refractivity contribution < 1.29 is 5.11 Å². The van der Waals surface area contributed by atoms with Crippen LogP contribution in [0.3, 0.4) is 0 Å². The van der Waals surface area contributed by atoms with Crippen molar-refractivity contribution >= 4 is 0 Å². The molecule has 0 saturated heterocycles. The number of rotatable bonds is 2. The van der Waals surface area contributed by atoms with E-state index in [4.69, 9.17) is 0 Å². The van der Waals surface area contributed by atoms with E-state index in [1.165, 1.54) is 24.0 Å². The van der Waals surface area contributed by atoms with E-state index in [9.17, 15) is 5.11 Å². The summed E-state index contributed by atoms with van der Waals surface area (Å²) in [6.45, 7) is 7.02. The first-order valence-electron chi connectivity index (χ1n) is 4.99. The van der Waals surface area contributed by atoms with Crippen LogP contribution in [0.5, 0.6) is 0 Å². The second-order valence-corrected chi connectivity index (χ2v) is 4.16. The average molecular weight is 168 g/mol. The minimum absolute atomic E-state index is 0.276. The zero-order valence-electron chi connectivity index (χ0n) is 8.43. The Kier molecular flexibility index (Phi) is 3.33. The lowest BCUT2D eigenvalue weighted by atomic mass is 9.79. The third kappa shape index (κ3) is 1.89. The fourth-order valence-corrected chi connectivity index (χ4v) is 2.42. The lowest BCUT2D eigenvalue weighted by Crippen LogP contribution is -2.15. The van der Waals surface area contributed by atoms with Gasteiger partial charge in [0.25, 0.3) is 0 Å². The molecular formula is C11H20O. The van der Waals surface area contributed by atoms with E-state index < -0.39 is 0 Å². The minimum Gasteiger partial charge on any atom is -0.392 e. The molecule has 0 saturated carbocycles. The molecule has 1 nitrogen and oxygen atoms in total. The maximum absolute atomic E-state index is 9.17. The minimum atomic E-state index is 0.276. The van der Waals surface area contributed by atoms with Gasteiger partial charge in [0.1, 0.15) is 0 Å². The molecule has 1 heteroatoms. The van der Waals surface area contributed by atoms with E-state index in [0.717, 1.165) is 6.42 Å². The highest BCUT2D eigenvalue weighted by Gasteiger charge is 2.20. The monoisotopic (exact) mass is 168 g/mol. The number of hydrogen-bond donors (Lipinski definition) is 1. The van der Waals surface area contributed by atoms with Crippen LogP contribution in [0.2, 0.25) is 0 Å². The molecule has 0 aromatic rings. The first-order valence-corrected chi connectivity index (χ1v) is 4.99. The van der Waals surface area contributed by atoms with Gasteiger partial charge in [-0.1, -0.05) is 26.3 Å². The Labute approximate surface area is 75.5 Å². The number of aliphatic hydroxyl groups is 1. The second kappa shape index (κ2) is 4.08. The SMILES string of the molecule is CC(C)C1=C(CO)CCCC1C.